The van der Waals surface area contributed by atoms with Crippen molar-refractivity contribution in [3.8, 4) is 0 Å². The van der Waals surface area contributed by atoms with Gasteiger partial charge in [-0.15, -0.1) is 0 Å². The predicted molar refractivity (Wildman–Crippen MR) is 364 cm³/mol. The van der Waals surface area contributed by atoms with Gasteiger partial charge in [-0.2, -0.15) is 0 Å². The summed E-state index contributed by atoms with van der Waals surface area (Å²) in [6, 6.07) is -1.01. The molecular formula is C74H125NO18. The van der Waals surface area contributed by atoms with E-state index >= 15 is 0 Å². The standard InChI is InChI=1S/C74H125NO18/c1-3-5-7-9-11-13-15-17-19-21-23-25-26-27-28-29-30-32-34-36-38-40-42-44-46-48-50-52-62(80)75-57(58(79)51-49-47-45-43-41-39-37-35-33-31-24-22-20-18-16-14-12-10-8-6-4-2)56-88-72-68(86)65(83)70(60(54-77)90-72)93-74-69(87)66(84)71(61(55-78)91-74)92-73-67(85)64(82)63(81)59(53-76)89-73/h5,7,11,13,17,19,23,25,27-28,30,32,36,38,42,44,49,51,57-61,63-74,76-79,81-87H,3-4,6,8-10,12,14-16,18,20-22,24,26,29,31,33-35,37,39-41,43,45-48,50,52-56H2,1-2H3,(H,75,80)/b7-5-,13-11-,19-17-,25-23-,28-27-,32-30-,38-36-,44-42-,51-49+. The molecule has 0 aliphatic carbocycles. The lowest BCUT2D eigenvalue weighted by Crippen LogP contribution is -2.66. The van der Waals surface area contributed by atoms with Crippen molar-refractivity contribution in [2.75, 3.05) is 26.4 Å². The van der Waals surface area contributed by atoms with E-state index in [4.69, 9.17) is 28.4 Å². The maximum Gasteiger partial charge on any atom is 0.220 e. The lowest BCUT2D eigenvalue weighted by Gasteiger charge is -2.48. The Bertz CT molecular complexity index is 2110. The normalized spacial score (nSPS) is 28.2. The maximum atomic E-state index is 13.4. The summed E-state index contributed by atoms with van der Waals surface area (Å²) in [4.78, 5) is 13.4. The van der Waals surface area contributed by atoms with E-state index in [2.05, 4.69) is 116 Å². The fourth-order valence-corrected chi connectivity index (χ4v) is 11.3. The summed E-state index contributed by atoms with van der Waals surface area (Å²) in [6.45, 7) is 1.58. The Balaban J connectivity index is 1.46. The van der Waals surface area contributed by atoms with E-state index in [1.54, 1.807) is 6.08 Å². The van der Waals surface area contributed by atoms with Gasteiger partial charge in [-0.25, -0.2) is 0 Å². The highest BCUT2D eigenvalue weighted by molar-refractivity contribution is 5.76. The summed E-state index contributed by atoms with van der Waals surface area (Å²) in [6.07, 6.45) is 46.3. The number of carbonyl (C=O) groups is 1. The molecule has 1 amide bonds. The first kappa shape index (κ1) is 83.7. The Morgan fingerprint density at radius 1 is 0.398 bits per heavy atom. The van der Waals surface area contributed by atoms with Crippen molar-refractivity contribution in [2.24, 2.45) is 0 Å². The summed E-state index contributed by atoms with van der Waals surface area (Å²) < 4.78 is 34.3. The predicted octanol–water partition coefficient (Wildman–Crippen LogP) is 9.83. The molecular weight excluding hydrogens is 1190 g/mol. The monoisotopic (exact) mass is 1320 g/mol. The Morgan fingerprint density at radius 3 is 1.16 bits per heavy atom. The van der Waals surface area contributed by atoms with Crippen molar-refractivity contribution in [3.63, 3.8) is 0 Å². The van der Waals surface area contributed by atoms with Crippen LogP contribution in [0.3, 0.4) is 0 Å². The molecule has 0 radical (unpaired) electrons. The molecule has 3 aliphatic rings. The van der Waals surface area contributed by atoms with Crippen LogP contribution in [-0.4, -0.2) is 193 Å². The van der Waals surface area contributed by atoms with Crippen molar-refractivity contribution in [1.29, 1.82) is 0 Å². The number of unbranched alkanes of at least 4 members (excludes halogenated alkanes) is 21. The lowest BCUT2D eigenvalue weighted by molar-refractivity contribution is -0.379. The van der Waals surface area contributed by atoms with E-state index in [9.17, 15) is 61.0 Å². The minimum Gasteiger partial charge on any atom is -0.394 e. The number of rotatable bonds is 53. The number of aliphatic hydroxyl groups excluding tert-OH is 11. The molecule has 3 fully saturated rings. The van der Waals surface area contributed by atoms with Gasteiger partial charge in [0.1, 0.15) is 73.2 Å². The van der Waals surface area contributed by atoms with Gasteiger partial charge in [0.05, 0.1) is 38.6 Å². The molecule has 0 spiro atoms. The second-order valence-electron chi connectivity index (χ2n) is 25.0. The van der Waals surface area contributed by atoms with Crippen LogP contribution < -0.4 is 5.32 Å². The number of hydrogen-bond acceptors (Lipinski definition) is 18. The second kappa shape index (κ2) is 54.5. The first-order valence-corrected chi connectivity index (χ1v) is 35.6. The van der Waals surface area contributed by atoms with Crippen LogP contribution in [0.1, 0.15) is 219 Å². The van der Waals surface area contributed by atoms with Gasteiger partial charge in [0, 0.05) is 6.42 Å². The van der Waals surface area contributed by atoms with E-state index in [0.717, 1.165) is 89.9 Å². The first-order valence-electron chi connectivity index (χ1n) is 35.6. The zero-order valence-electron chi connectivity index (χ0n) is 56.4. The van der Waals surface area contributed by atoms with Gasteiger partial charge >= 0.3 is 0 Å². The fourth-order valence-electron chi connectivity index (χ4n) is 11.3. The third-order valence-corrected chi connectivity index (χ3v) is 17.1. The number of ether oxygens (including phenoxy) is 6. The molecule has 0 aromatic heterocycles. The van der Waals surface area contributed by atoms with Gasteiger partial charge in [0.2, 0.25) is 5.91 Å². The summed E-state index contributed by atoms with van der Waals surface area (Å²) in [5.74, 6) is -0.321. The Labute approximate surface area is 557 Å². The van der Waals surface area contributed by atoms with E-state index < -0.39 is 124 Å². The first-order chi connectivity index (χ1) is 45.3. The van der Waals surface area contributed by atoms with E-state index in [1.807, 2.05) is 6.08 Å². The van der Waals surface area contributed by atoms with Gasteiger partial charge < -0.3 is 89.9 Å². The van der Waals surface area contributed by atoms with Crippen LogP contribution in [0.2, 0.25) is 0 Å². The van der Waals surface area contributed by atoms with Crippen LogP contribution in [0.25, 0.3) is 0 Å². The smallest absolute Gasteiger partial charge is 0.220 e. The number of allylic oxidation sites excluding steroid dienone is 17. The number of carbonyl (C=O) groups excluding carboxylic acids is 1. The van der Waals surface area contributed by atoms with Crippen LogP contribution in [-0.2, 0) is 33.2 Å². The molecule has 0 bridgehead atoms. The second-order valence-corrected chi connectivity index (χ2v) is 25.0. The minimum absolute atomic E-state index is 0.181. The zero-order valence-corrected chi connectivity index (χ0v) is 56.4. The van der Waals surface area contributed by atoms with E-state index in [1.165, 1.54) is 103 Å². The number of hydrogen-bond donors (Lipinski definition) is 12. The molecule has 12 N–H and O–H groups in total. The molecule has 3 rings (SSSR count). The molecule has 19 nitrogen and oxygen atoms in total. The van der Waals surface area contributed by atoms with Crippen LogP contribution in [0.4, 0.5) is 0 Å². The minimum atomic E-state index is -1.99. The van der Waals surface area contributed by atoms with Crippen LogP contribution >= 0.6 is 0 Å². The van der Waals surface area contributed by atoms with Gasteiger partial charge in [0.15, 0.2) is 18.9 Å². The molecule has 0 aromatic carbocycles. The molecule has 3 heterocycles. The summed E-state index contributed by atoms with van der Waals surface area (Å²) >= 11 is 0. The molecule has 534 valence electrons. The van der Waals surface area contributed by atoms with Crippen LogP contribution in [0.15, 0.2) is 109 Å². The van der Waals surface area contributed by atoms with Gasteiger partial charge in [-0.1, -0.05) is 239 Å². The average Bonchev–Trinajstić information content (AvgIpc) is 0.902. The highest BCUT2D eigenvalue weighted by atomic mass is 16.8. The Morgan fingerprint density at radius 2 is 0.742 bits per heavy atom. The highest BCUT2D eigenvalue weighted by Crippen LogP contribution is 2.33. The third-order valence-electron chi connectivity index (χ3n) is 17.1. The van der Waals surface area contributed by atoms with Crippen LogP contribution in [0.5, 0.6) is 0 Å². The number of nitrogens with one attached hydrogen (secondary N) is 1. The SMILES string of the molecule is CC/C=C\C/C=C\C/C=C\C/C=C\C/C=C\C/C=C\C/C=C\C/C=C\CCCCC(=O)NC(COC1OC(CO)C(OC2OC(CO)C(OC3OC(CO)C(O)C(O)C3O)C(O)C2O)C(O)C1O)C(O)/C=C/CCCCCCCCCCCCCCCCCCCCC. The lowest BCUT2D eigenvalue weighted by atomic mass is 9.96. The van der Waals surface area contributed by atoms with Crippen molar-refractivity contribution in [2.45, 2.75) is 324 Å². The van der Waals surface area contributed by atoms with E-state index in [0.29, 0.717) is 6.42 Å². The molecule has 93 heavy (non-hydrogen) atoms. The summed E-state index contributed by atoms with van der Waals surface area (Å²) in [5.41, 5.74) is 0. The molecule has 17 unspecified atom stereocenters. The van der Waals surface area contributed by atoms with Crippen molar-refractivity contribution < 1.29 is 89.4 Å². The largest absolute Gasteiger partial charge is 0.394 e. The zero-order chi connectivity index (χ0) is 67.5. The Hall–Kier alpha value is -3.55. The average molecular weight is 1320 g/mol. The van der Waals surface area contributed by atoms with Crippen molar-refractivity contribution in [3.05, 3.63) is 109 Å². The van der Waals surface area contributed by atoms with Gasteiger partial charge in [-0.05, 0) is 83.5 Å². The number of aliphatic hydroxyl groups is 11. The molecule has 19 heteroatoms. The topological polar surface area (TPSA) is 307 Å². The fraction of sp³-hybridized carbons (Fsp3) is 0.743. The number of amides is 1. The molecule has 3 aliphatic heterocycles. The maximum absolute atomic E-state index is 13.4. The van der Waals surface area contributed by atoms with Crippen molar-refractivity contribution >= 4 is 5.91 Å². The molecule has 0 aromatic rings. The van der Waals surface area contributed by atoms with Crippen LogP contribution in [0, 0.1) is 0 Å². The molecule has 17 atom stereocenters. The van der Waals surface area contributed by atoms with Gasteiger partial charge in [-0.3, -0.25) is 4.79 Å². The highest BCUT2D eigenvalue weighted by Gasteiger charge is 2.53. The van der Waals surface area contributed by atoms with Crippen molar-refractivity contribution in [1.82, 2.24) is 5.32 Å². The molecule has 0 saturated carbocycles. The quantitative estimate of drug-likeness (QED) is 0.0199. The van der Waals surface area contributed by atoms with Gasteiger partial charge in [0.25, 0.3) is 0 Å². The Kier molecular flexibility index (Phi) is 49.0. The summed E-state index contributed by atoms with van der Waals surface area (Å²) in [5, 5.41) is 121. The molecule has 3 saturated heterocycles. The summed E-state index contributed by atoms with van der Waals surface area (Å²) in [7, 11) is 0. The van der Waals surface area contributed by atoms with E-state index in [-0.39, 0.29) is 18.9 Å². The third kappa shape index (κ3) is 36.0.